The lowest BCUT2D eigenvalue weighted by Crippen LogP contribution is -2.55. The third-order valence-corrected chi connectivity index (χ3v) is 3.20. The van der Waals surface area contributed by atoms with Crippen molar-refractivity contribution in [1.29, 1.82) is 0 Å². The molecule has 3 amide bonds. The first-order chi connectivity index (χ1) is 9.43. The van der Waals surface area contributed by atoms with Crippen LogP contribution >= 0.6 is 0 Å². The molecule has 1 atom stereocenters. The zero-order valence-electron chi connectivity index (χ0n) is 11.7. The molecule has 20 heavy (non-hydrogen) atoms. The molecule has 0 aromatic rings. The van der Waals surface area contributed by atoms with Crippen LogP contribution in [0.15, 0.2) is 0 Å². The van der Waals surface area contributed by atoms with E-state index >= 15 is 0 Å². The fourth-order valence-electron chi connectivity index (χ4n) is 2.13. The Balaban J connectivity index is 2.45. The molecular formula is C12H22N4O4. The predicted molar refractivity (Wildman–Crippen MR) is 72.1 cm³/mol. The zero-order valence-corrected chi connectivity index (χ0v) is 11.7. The summed E-state index contributed by atoms with van der Waals surface area (Å²) in [6, 6.07) is -1.73. The van der Waals surface area contributed by atoms with Crippen molar-refractivity contribution < 1.29 is 19.5 Å². The van der Waals surface area contributed by atoms with Gasteiger partial charge in [0.25, 0.3) is 0 Å². The van der Waals surface area contributed by atoms with Crippen LogP contribution in [0.4, 0.5) is 4.79 Å². The molecule has 1 aliphatic heterocycles. The lowest BCUT2D eigenvalue weighted by Gasteiger charge is -2.35. The minimum absolute atomic E-state index is 0.406. The van der Waals surface area contributed by atoms with Crippen molar-refractivity contribution in [3.63, 3.8) is 0 Å². The molecule has 0 aromatic carbocycles. The number of amides is 3. The molecule has 0 saturated carbocycles. The number of hydrogen-bond donors (Lipinski definition) is 3. The van der Waals surface area contributed by atoms with Gasteiger partial charge in [-0.1, -0.05) is 6.92 Å². The summed E-state index contributed by atoms with van der Waals surface area (Å²) >= 11 is 0. The molecule has 1 aliphatic rings. The van der Waals surface area contributed by atoms with Crippen LogP contribution in [0.5, 0.6) is 0 Å². The number of nitrogens with one attached hydrogen (secondary N) is 1. The molecule has 0 radical (unpaired) electrons. The van der Waals surface area contributed by atoms with Gasteiger partial charge in [0, 0.05) is 26.2 Å². The second-order valence-electron chi connectivity index (χ2n) is 4.84. The number of nitrogens with two attached hydrogens (primary N) is 1. The maximum absolute atomic E-state index is 11.9. The Hall–Kier alpha value is -1.83. The molecule has 1 heterocycles. The Morgan fingerprint density at radius 2 is 1.85 bits per heavy atom. The summed E-state index contributed by atoms with van der Waals surface area (Å²) in [7, 11) is 0. The third-order valence-electron chi connectivity index (χ3n) is 3.20. The molecule has 114 valence electrons. The van der Waals surface area contributed by atoms with Crippen LogP contribution in [0.25, 0.3) is 0 Å². The third kappa shape index (κ3) is 5.04. The SMILES string of the molecule is CCCN1CCN(C(=O)N[C@H](CC(N)=O)C(=O)O)CC1. The van der Waals surface area contributed by atoms with Crippen LogP contribution in [-0.2, 0) is 9.59 Å². The number of aliphatic carboxylic acids is 1. The van der Waals surface area contributed by atoms with Gasteiger partial charge in [-0.15, -0.1) is 0 Å². The number of carbonyl (C=O) groups is 3. The molecule has 4 N–H and O–H groups in total. The van der Waals surface area contributed by atoms with Crippen molar-refractivity contribution in [2.75, 3.05) is 32.7 Å². The van der Waals surface area contributed by atoms with Crippen LogP contribution < -0.4 is 11.1 Å². The highest BCUT2D eigenvalue weighted by atomic mass is 16.4. The summed E-state index contributed by atoms with van der Waals surface area (Å²) in [5.74, 6) is -2.02. The van der Waals surface area contributed by atoms with E-state index in [4.69, 9.17) is 10.8 Å². The smallest absolute Gasteiger partial charge is 0.326 e. The van der Waals surface area contributed by atoms with Crippen molar-refractivity contribution in [2.24, 2.45) is 5.73 Å². The number of piperazine rings is 1. The van der Waals surface area contributed by atoms with Crippen LogP contribution in [0.2, 0.25) is 0 Å². The lowest BCUT2D eigenvalue weighted by molar-refractivity contribution is -0.141. The summed E-state index contributed by atoms with van der Waals surface area (Å²) in [6.07, 6.45) is 0.656. The van der Waals surface area contributed by atoms with E-state index in [-0.39, 0.29) is 0 Å². The highest BCUT2D eigenvalue weighted by Gasteiger charge is 2.26. The number of carboxylic acids is 1. The van der Waals surface area contributed by atoms with Gasteiger partial charge in [0.2, 0.25) is 5.91 Å². The van der Waals surface area contributed by atoms with Crippen molar-refractivity contribution in [1.82, 2.24) is 15.1 Å². The van der Waals surface area contributed by atoms with Crippen molar-refractivity contribution in [2.45, 2.75) is 25.8 Å². The number of hydrogen-bond acceptors (Lipinski definition) is 4. The standard InChI is InChI=1S/C12H22N4O4/c1-2-3-15-4-6-16(7-5-15)12(20)14-9(11(18)19)8-10(13)17/h9H,2-8H2,1H3,(H2,13,17)(H,14,20)(H,18,19)/t9-/m1/s1. The molecule has 1 saturated heterocycles. The molecule has 8 heteroatoms. The molecule has 1 fully saturated rings. The summed E-state index contributed by atoms with van der Waals surface area (Å²) in [5, 5.41) is 11.3. The average Bonchev–Trinajstić information content (AvgIpc) is 2.38. The van der Waals surface area contributed by atoms with Crippen LogP contribution in [0.1, 0.15) is 19.8 Å². The Morgan fingerprint density at radius 1 is 1.25 bits per heavy atom. The van der Waals surface area contributed by atoms with Crippen LogP contribution in [0.3, 0.4) is 0 Å². The van der Waals surface area contributed by atoms with E-state index in [0.717, 1.165) is 26.1 Å². The fourth-order valence-corrected chi connectivity index (χ4v) is 2.13. The second-order valence-corrected chi connectivity index (χ2v) is 4.84. The van der Waals surface area contributed by atoms with E-state index in [1.807, 2.05) is 0 Å². The molecule has 1 rings (SSSR count). The average molecular weight is 286 g/mol. The van der Waals surface area contributed by atoms with Gasteiger partial charge in [-0.3, -0.25) is 9.69 Å². The highest BCUT2D eigenvalue weighted by Crippen LogP contribution is 2.04. The maximum atomic E-state index is 11.9. The van der Waals surface area contributed by atoms with Gasteiger partial charge in [-0.25, -0.2) is 9.59 Å². The summed E-state index contributed by atoms with van der Waals surface area (Å²) in [6.45, 7) is 5.74. The van der Waals surface area contributed by atoms with Crippen molar-refractivity contribution >= 4 is 17.9 Å². The van der Waals surface area contributed by atoms with Crippen molar-refractivity contribution in [3.05, 3.63) is 0 Å². The topological polar surface area (TPSA) is 116 Å². The molecule has 0 bridgehead atoms. The minimum atomic E-state index is -1.27. The number of urea groups is 1. The van der Waals surface area contributed by atoms with Gasteiger partial charge in [0.15, 0.2) is 0 Å². The van der Waals surface area contributed by atoms with Crippen LogP contribution in [0, 0.1) is 0 Å². The van der Waals surface area contributed by atoms with E-state index < -0.39 is 30.4 Å². The van der Waals surface area contributed by atoms with Gasteiger partial charge >= 0.3 is 12.0 Å². The molecular weight excluding hydrogens is 264 g/mol. The quantitative estimate of drug-likeness (QED) is 0.582. The molecule has 8 nitrogen and oxygen atoms in total. The van der Waals surface area contributed by atoms with Gasteiger partial charge < -0.3 is 21.1 Å². The first kappa shape index (κ1) is 16.2. The monoisotopic (exact) mass is 286 g/mol. The van der Waals surface area contributed by atoms with Gasteiger partial charge in [-0.05, 0) is 13.0 Å². The minimum Gasteiger partial charge on any atom is -0.480 e. The summed E-state index contributed by atoms with van der Waals surface area (Å²) < 4.78 is 0. The maximum Gasteiger partial charge on any atom is 0.326 e. The number of nitrogens with zero attached hydrogens (tertiary/aromatic N) is 2. The lowest BCUT2D eigenvalue weighted by atomic mass is 10.2. The summed E-state index contributed by atoms with van der Waals surface area (Å²) in [4.78, 5) is 37.5. The molecule has 0 spiro atoms. The van der Waals surface area contributed by atoms with Gasteiger partial charge in [0.1, 0.15) is 6.04 Å². The van der Waals surface area contributed by atoms with E-state index in [2.05, 4.69) is 17.1 Å². The number of carboxylic acid groups (broad SMARTS) is 1. The number of primary amides is 1. The van der Waals surface area contributed by atoms with E-state index in [9.17, 15) is 14.4 Å². The Bertz CT molecular complexity index is 366. The first-order valence-electron chi connectivity index (χ1n) is 6.73. The first-order valence-corrected chi connectivity index (χ1v) is 6.73. The molecule has 0 aromatic heterocycles. The van der Waals surface area contributed by atoms with Crippen LogP contribution in [-0.4, -0.2) is 71.6 Å². The number of rotatable bonds is 6. The highest BCUT2D eigenvalue weighted by molar-refractivity contribution is 5.87. The van der Waals surface area contributed by atoms with E-state index in [0.29, 0.717) is 13.1 Å². The number of carbonyl (C=O) groups excluding carboxylic acids is 2. The van der Waals surface area contributed by atoms with E-state index in [1.165, 1.54) is 0 Å². The Labute approximate surface area is 117 Å². The predicted octanol–water partition coefficient (Wildman–Crippen LogP) is -0.948. The largest absolute Gasteiger partial charge is 0.480 e. The molecule has 0 aliphatic carbocycles. The molecule has 0 unspecified atom stereocenters. The van der Waals surface area contributed by atoms with E-state index in [1.54, 1.807) is 4.90 Å². The fraction of sp³-hybridized carbons (Fsp3) is 0.750. The van der Waals surface area contributed by atoms with Gasteiger partial charge in [0.05, 0.1) is 6.42 Å². The summed E-state index contributed by atoms with van der Waals surface area (Å²) in [5.41, 5.74) is 4.96. The second kappa shape index (κ2) is 7.68. The zero-order chi connectivity index (χ0) is 15.1. The van der Waals surface area contributed by atoms with Gasteiger partial charge in [-0.2, -0.15) is 0 Å². The Kier molecular flexibility index (Phi) is 6.23. The normalized spacial score (nSPS) is 17.6. The Morgan fingerprint density at radius 3 is 2.30 bits per heavy atom. The van der Waals surface area contributed by atoms with Crippen molar-refractivity contribution in [3.8, 4) is 0 Å².